The van der Waals surface area contributed by atoms with Crippen LogP contribution in [0.25, 0.3) is 5.03 Å². The van der Waals surface area contributed by atoms with Crippen molar-refractivity contribution >= 4 is 16.6 Å². The van der Waals surface area contributed by atoms with Crippen molar-refractivity contribution in [2.75, 3.05) is 0 Å². The van der Waals surface area contributed by atoms with Gasteiger partial charge in [-0.2, -0.15) is 0 Å². The SMILES string of the molecule is CCCC/C=C(\Cl)c1ccccc1. The number of halogens is 1. The summed E-state index contributed by atoms with van der Waals surface area (Å²) >= 11 is 6.10. The summed E-state index contributed by atoms with van der Waals surface area (Å²) in [5.41, 5.74) is 1.11. The van der Waals surface area contributed by atoms with Crippen LogP contribution in [0.2, 0.25) is 0 Å². The Kier molecular flexibility index (Phi) is 4.63. The van der Waals surface area contributed by atoms with E-state index in [2.05, 4.69) is 13.0 Å². The second-order valence-corrected chi connectivity index (χ2v) is 3.47. The molecule has 0 saturated heterocycles. The quantitative estimate of drug-likeness (QED) is 0.621. The zero-order chi connectivity index (χ0) is 9.52. The molecule has 1 aromatic rings. The first-order valence-corrected chi connectivity index (χ1v) is 5.13. The van der Waals surface area contributed by atoms with Gasteiger partial charge < -0.3 is 0 Å². The number of rotatable bonds is 4. The standard InChI is InChI=1S/C12H15Cl/c1-2-3-5-10-12(13)11-8-6-4-7-9-11/h4,6-10H,2-3,5H2,1H3/b12-10-. The minimum absolute atomic E-state index is 0.869. The highest BCUT2D eigenvalue weighted by Crippen LogP contribution is 2.19. The Morgan fingerprint density at radius 3 is 2.62 bits per heavy atom. The van der Waals surface area contributed by atoms with Gasteiger partial charge >= 0.3 is 0 Å². The van der Waals surface area contributed by atoms with E-state index in [-0.39, 0.29) is 0 Å². The van der Waals surface area contributed by atoms with E-state index in [0.717, 1.165) is 17.0 Å². The molecule has 70 valence electrons. The lowest BCUT2D eigenvalue weighted by Crippen LogP contribution is -1.76. The highest BCUT2D eigenvalue weighted by atomic mass is 35.5. The van der Waals surface area contributed by atoms with Crippen LogP contribution in [0.4, 0.5) is 0 Å². The lowest BCUT2D eigenvalue weighted by atomic mass is 10.1. The molecule has 0 aromatic heterocycles. The maximum atomic E-state index is 6.10. The normalized spacial score (nSPS) is 11.7. The lowest BCUT2D eigenvalue weighted by molar-refractivity contribution is 0.816. The van der Waals surface area contributed by atoms with Gasteiger partial charge in [0, 0.05) is 5.03 Å². The maximum Gasteiger partial charge on any atom is 0.0438 e. The summed E-state index contributed by atoms with van der Waals surface area (Å²) in [5, 5.41) is 0.869. The van der Waals surface area contributed by atoms with Crippen LogP contribution in [0, 0.1) is 0 Å². The van der Waals surface area contributed by atoms with Crippen LogP contribution in [0.15, 0.2) is 36.4 Å². The highest BCUT2D eigenvalue weighted by molar-refractivity contribution is 6.48. The predicted molar refractivity (Wildman–Crippen MR) is 59.8 cm³/mol. The summed E-state index contributed by atoms with van der Waals surface area (Å²) in [4.78, 5) is 0. The Labute approximate surface area is 85.2 Å². The highest BCUT2D eigenvalue weighted by Gasteiger charge is 1.94. The zero-order valence-corrected chi connectivity index (χ0v) is 8.72. The van der Waals surface area contributed by atoms with Gasteiger partial charge in [-0.1, -0.05) is 67.8 Å². The zero-order valence-electron chi connectivity index (χ0n) is 7.96. The fourth-order valence-electron chi connectivity index (χ4n) is 1.15. The summed E-state index contributed by atoms with van der Waals surface area (Å²) in [6.07, 6.45) is 5.60. The molecular weight excluding hydrogens is 180 g/mol. The van der Waals surface area contributed by atoms with E-state index >= 15 is 0 Å². The van der Waals surface area contributed by atoms with Gasteiger partial charge in [-0.15, -0.1) is 0 Å². The fraction of sp³-hybridized carbons (Fsp3) is 0.333. The van der Waals surface area contributed by atoms with Gasteiger partial charge in [0.1, 0.15) is 0 Å². The first-order valence-electron chi connectivity index (χ1n) is 4.75. The molecule has 0 nitrogen and oxygen atoms in total. The molecule has 1 heteroatoms. The second-order valence-electron chi connectivity index (χ2n) is 3.06. The van der Waals surface area contributed by atoms with E-state index < -0.39 is 0 Å². The minimum atomic E-state index is 0.869. The molecule has 0 amide bonds. The number of unbranched alkanes of at least 4 members (excludes halogenated alkanes) is 2. The van der Waals surface area contributed by atoms with Crippen LogP contribution >= 0.6 is 11.6 Å². The molecule has 0 aliphatic rings. The Morgan fingerprint density at radius 2 is 2.00 bits per heavy atom. The molecule has 1 rings (SSSR count). The van der Waals surface area contributed by atoms with E-state index in [1.807, 2.05) is 30.3 Å². The molecule has 0 saturated carbocycles. The molecule has 0 atom stereocenters. The van der Waals surface area contributed by atoms with E-state index in [1.54, 1.807) is 0 Å². The number of hydrogen-bond donors (Lipinski definition) is 0. The maximum absolute atomic E-state index is 6.10. The predicted octanol–water partition coefficient (Wildman–Crippen LogP) is 4.46. The van der Waals surface area contributed by atoms with Crippen molar-refractivity contribution in [2.45, 2.75) is 26.2 Å². The van der Waals surface area contributed by atoms with Gasteiger partial charge in [0.25, 0.3) is 0 Å². The van der Waals surface area contributed by atoms with Crippen molar-refractivity contribution < 1.29 is 0 Å². The molecular formula is C12H15Cl. The van der Waals surface area contributed by atoms with Gasteiger partial charge in [-0.3, -0.25) is 0 Å². The second kappa shape index (κ2) is 5.82. The van der Waals surface area contributed by atoms with Crippen LogP contribution in [0.5, 0.6) is 0 Å². The first-order chi connectivity index (χ1) is 6.34. The van der Waals surface area contributed by atoms with Gasteiger partial charge in [0.05, 0.1) is 0 Å². The minimum Gasteiger partial charge on any atom is -0.0840 e. The summed E-state index contributed by atoms with van der Waals surface area (Å²) in [6, 6.07) is 10.1. The molecule has 0 radical (unpaired) electrons. The molecule has 13 heavy (non-hydrogen) atoms. The third-order valence-electron chi connectivity index (χ3n) is 1.93. The monoisotopic (exact) mass is 194 g/mol. The van der Waals surface area contributed by atoms with Crippen molar-refractivity contribution in [1.29, 1.82) is 0 Å². The van der Waals surface area contributed by atoms with Crippen molar-refractivity contribution in [3.05, 3.63) is 42.0 Å². The van der Waals surface area contributed by atoms with Gasteiger partial charge in [0.15, 0.2) is 0 Å². The Hall–Kier alpha value is -0.750. The smallest absolute Gasteiger partial charge is 0.0438 e. The molecule has 0 bridgehead atoms. The molecule has 0 unspecified atom stereocenters. The third kappa shape index (κ3) is 3.65. The lowest BCUT2D eigenvalue weighted by Gasteiger charge is -1.98. The largest absolute Gasteiger partial charge is 0.0840 e. The van der Waals surface area contributed by atoms with E-state index in [9.17, 15) is 0 Å². The topological polar surface area (TPSA) is 0 Å². The Morgan fingerprint density at radius 1 is 1.31 bits per heavy atom. The van der Waals surface area contributed by atoms with E-state index in [4.69, 9.17) is 11.6 Å². The average molecular weight is 195 g/mol. The number of benzene rings is 1. The first kappa shape index (κ1) is 10.3. The van der Waals surface area contributed by atoms with Crippen LogP contribution in [-0.2, 0) is 0 Å². The third-order valence-corrected chi connectivity index (χ3v) is 2.30. The average Bonchev–Trinajstić information content (AvgIpc) is 2.19. The molecule has 0 aliphatic carbocycles. The molecule has 0 heterocycles. The summed E-state index contributed by atoms with van der Waals surface area (Å²) < 4.78 is 0. The van der Waals surface area contributed by atoms with Crippen LogP contribution in [0.3, 0.4) is 0 Å². The van der Waals surface area contributed by atoms with Crippen LogP contribution < -0.4 is 0 Å². The molecule has 1 aromatic carbocycles. The molecule has 0 fully saturated rings. The van der Waals surface area contributed by atoms with Gasteiger partial charge in [-0.05, 0) is 12.0 Å². The van der Waals surface area contributed by atoms with Crippen molar-refractivity contribution in [3.8, 4) is 0 Å². The van der Waals surface area contributed by atoms with Crippen molar-refractivity contribution in [1.82, 2.24) is 0 Å². The van der Waals surface area contributed by atoms with Crippen molar-refractivity contribution in [3.63, 3.8) is 0 Å². The Balaban J connectivity index is 2.57. The van der Waals surface area contributed by atoms with Gasteiger partial charge in [0.2, 0.25) is 0 Å². The molecule has 0 N–H and O–H groups in total. The van der Waals surface area contributed by atoms with Crippen LogP contribution in [0.1, 0.15) is 31.7 Å². The number of hydrogen-bond acceptors (Lipinski definition) is 0. The summed E-state index contributed by atoms with van der Waals surface area (Å²) in [5.74, 6) is 0. The molecule has 0 spiro atoms. The van der Waals surface area contributed by atoms with Gasteiger partial charge in [-0.25, -0.2) is 0 Å². The Bertz CT molecular complexity index is 262. The van der Waals surface area contributed by atoms with E-state index in [0.29, 0.717) is 0 Å². The number of allylic oxidation sites excluding steroid dienone is 1. The van der Waals surface area contributed by atoms with Crippen molar-refractivity contribution in [2.24, 2.45) is 0 Å². The van der Waals surface area contributed by atoms with E-state index in [1.165, 1.54) is 12.8 Å². The van der Waals surface area contributed by atoms with Crippen LogP contribution in [-0.4, -0.2) is 0 Å². The summed E-state index contributed by atoms with van der Waals surface area (Å²) in [7, 11) is 0. The molecule has 0 aliphatic heterocycles. The fourth-order valence-corrected chi connectivity index (χ4v) is 1.38. The summed E-state index contributed by atoms with van der Waals surface area (Å²) in [6.45, 7) is 2.18.